The number of ether oxygens (including phenoxy) is 1. The number of aryl methyl sites for hydroxylation is 2. The van der Waals surface area contributed by atoms with Crippen LogP contribution in [-0.4, -0.2) is 25.4 Å². The van der Waals surface area contributed by atoms with E-state index in [9.17, 15) is 0 Å². The van der Waals surface area contributed by atoms with E-state index in [1.807, 2.05) is 20.8 Å². The summed E-state index contributed by atoms with van der Waals surface area (Å²) in [5.41, 5.74) is 2.27. The van der Waals surface area contributed by atoms with Crippen LogP contribution in [0.25, 0.3) is 0 Å². The molecular weight excluding hydrogens is 400 g/mol. The molecule has 2 aromatic carbocycles. The van der Waals surface area contributed by atoms with E-state index in [0.717, 1.165) is 22.6 Å². The largest absolute Gasteiger partial charge is 0.375 e. The lowest BCUT2D eigenvalue weighted by Gasteiger charge is -2.29. The second kappa shape index (κ2) is 14.9. The second-order valence-corrected chi connectivity index (χ2v) is 8.57. The molecule has 0 bridgehead atoms. The molecule has 0 N–H and O–H groups in total. The van der Waals surface area contributed by atoms with Crippen molar-refractivity contribution in [3.63, 3.8) is 0 Å². The highest BCUT2D eigenvalue weighted by molar-refractivity contribution is 7.94. The van der Waals surface area contributed by atoms with Gasteiger partial charge in [0.1, 0.15) is 0 Å². The molecule has 3 nitrogen and oxygen atoms in total. The molecule has 0 aliphatic heterocycles. The van der Waals surface area contributed by atoms with Crippen molar-refractivity contribution in [3.05, 3.63) is 59.7 Å². The molecule has 0 amide bonds. The summed E-state index contributed by atoms with van der Waals surface area (Å²) in [6.07, 6.45) is 1.66. The minimum atomic E-state index is -0.240. The van der Waals surface area contributed by atoms with Gasteiger partial charge in [-0.25, -0.2) is 0 Å². The van der Waals surface area contributed by atoms with E-state index < -0.39 is 0 Å². The Balaban J connectivity index is 0.00000204. The van der Waals surface area contributed by atoms with Crippen molar-refractivity contribution in [2.75, 3.05) is 19.8 Å². The Morgan fingerprint density at radius 3 is 1.45 bits per heavy atom. The summed E-state index contributed by atoms with van der Waals surface area (Å²) < 4.78 is 17.5. The molecule has 0 saturated carbocycles. The summed E-state index contributed by atoms with van der Waals surface area (Å²) in [5.74, 6) is 0. The monoisotopic (exact) mass is 436 g/mol. The summed E-state index contributed by atoms with van der Waals surface area (Å²) >= 11 is 2.85. The van der Waals surface area contributed by atoms with E-state index in [1.54, 1.807) is 0 Å². The van der Waals surface area contributed by atoms with Crippen LogP contribution < -0.4 is 0 Å². The molecular formula is C24H36O3S2. The molecule has 0 aliphatic rings. The fourth-order valence-electron chi connectivity index (χ4n) is 2.54. The van der Waals surface area contributed by atoms with Crippen LogP contribution in [0.15, 0.2) is 58.3 Å². The molecule has 0 radical (unpaired) electrons. The van der Waals surface area contributed by atoms with Gasteiger partial charge in [-0.1, -0.05) is 49.2 Å². The second-order valence-electron chi connectivity index (χ2n) is 6.82. The van der Waals surface area contributed by atoms with Gasteiger partial charge < -0.3 is 13.1 Å². The summed E-state index contributed by atoms with van der Waals surface area (Å²) in [6, 6.07) is 16.7. The fourth-order valence-corrected chi connectivity index (χ4v) is 3.64. The zero-order chi connectivity index (χ0) is 21.5. The van der Waals surface area contributed by atoms with Gasteiger partial charge in [-0.15, -0.1) is 0 Å². The third-order valence-corrected chi connectivity index (χ3v) is 5.77. The van der Waals surface area contributed by atoms with E-state index >= 15 is 0 Å². The van der Waals surface area contributed by atoms with Crippen molar-refractivity contribution in [1.29, 1.82) is 0 Å². The van der Waals surface area contributed by atoms with Gasteiger partial charge in [-0.05, 0) is 52.0 Å². The molecule has 0 spiro atoms. The molecule has 0 aliphatic carbocycles. The highest BCUT2D eigenvalue weighted by Gasteiger charge is 2.24. The first-order chi connectivity index (χ1) is 14.0. The molecule has 0 fully saturated rings. The van der Waals surface area contributed by atoms with Crippen LogP contribution in [0.4, 0.5) is 0 Å². The maximum Gasteiger partial charge on any atom is 0.0699 e. The van der Waals surface area contributed by atoms with E-state index in [-0.39, 0.29) is 5.60 Å². The van der Waals surface area contributed by atoms with Gasteiger partial charge in [0.05, 0.1) is 18.8 Å². The van der Waals surface area contributed by atoms with Crippen molar-refractivity contribution in [2.45, 2.75) is 69.8 Å². The number of hydrogen-bond donors (Lipinski definition) is 0. The van der Waals surface area contributed by atoms with E-state index in [1.165, 1.54) is 35.2 Å². The normalized spacial score (nSPS) is 11.1. The predicted octanol–water partition coefficient (Wildman–Crippen LogP) is 7.65. The van der Waals surface area contributed by atoms with Crippen molar-refractivity contribution in [3.8, 4) is 0 Å². The minimum absolute atomic E-state index is 0.240. The molecule has 2 aromatic rings. The molecule has 5 heteroatoms. The average Bonchev–Trinajstić information content (AvgIpc) is 2.73. The maximum absolute atomic E-state index is 5.99. The maximum atomic E-state index is 5.99. The summed E-state index contributed by atoms with van der Waals surface area (Å²) in [7, 11) is 0. The van der Waals surface area contributed by atoms with Gasteiger partial charge in [0, 0.05) is 53.3 Å². The van der Waals surface area contributed by atoms with Gasteiger partial charge in [0.2, 0.25) is 0 Å². The Labute approximate surface area is 186 Å². The summed E-state index contributed by atoms with van der Waals surface area (Å²) in [4.78, 5) is 2.24. The Morgan fingerprint density at radius 2 is 1.10 bits per heavy atom. The predicted molar refractivity (Wildman–Crippen MR) is 127 cm³/mol. The van der Waals surface area contributed by atoms with E-state index in [4.69, 9.17) is 13.1 Å². The van der Waals surface area contributed by atoms with Crippen molar-refractivity contribution in [1.82, 2.24) is 0 Å². The third kappa shape index (κ3) is 11.1. The van der Waals surface area contributed by atoms with Crippen LogP contribution in [0.1, 0.15) is 51.7 Å². The Bertz CT molecular complexity index is 603. The lowest BCUT2D eigenvalue weighted by atomic mass is 9.99. The van der Waals surface area contributed by atoms with Crippen molar-refractivity contribution in [2.24, 2.45) is 0 Å². The Hall–Kier alpha value is -0.980. The molecule has 2 rings (SSSR count). The lowest BCUT2D eigenvalue weighted by molar-refractivity contribution is -0.0487. The van der Waals surface area contributed by atoms with Crippen molar-refractivity contribution < 1.29 is 13.1 Å². The first kappa shape index (κ1) is 26.1. The minimum Gasteiger partial charge on any atom is -0.375 e. The zero-order valence-corrected chi connectivity index (χ0v) is 20.3. The van der Waals surface area contributed by atoms with Crippen LogP contribution in [0.5, 0.6) is 0 Å². The first-order valence-corrected chi connectivity index (χ1v) is 11.9. The smallest absolute Gasteiger partial charge is 0.0699 e. The molecule has 162 valence electrons. The molecule has 29 heavy (non-hydrogen) atoms. The fraction of sp³-hybridized carbons (Fsp3) is 0.500. The van der Waals surface area contributed by atoms with Crippen molar-refractivity contribution >= 4 is 24.1 Å². The van der Waals surface area contributed by atoms with E-state index in [2.05, 4.69) is 69.3 Å². The van der Waals surface area contributed by atoms with Crippen LogP contribution in [0, 0.1) is 13.8 Å². The van der Waals surface area contributed by atoms with Crippen LogP contribution in [0.2, 0.25) is 0 Å². The van der Waals surface area contributed by atoms with Gasteiger partial charge in [0.25, 0.3) is 0 Å². The molecule has 0 saturated heterocycles. The van der Waals surface area contributed by atoms with Gasteiger partial charge in [-0.2, -0.15) is 0 Å². The van der Waals surface area contributed by atoms with Gasteiger partial charge in [-0.3, -0.25) is 0 Å². The number of rotatable bonds is 12. The van der Waals surface area contributed by atoms with Crippen LogP contribution in [-0.2, 0) is 13.1 Å². The van der Waals surface area contributed by atoms with Crippen LogP contribution in [0.3, 0.4) is 0 Å². The molecule has 0 aromatic heterocycles. The zero-order valence-electron chi connectivity index (χ0n) is 18.7. The van der Waals surface area contributed by atoms with Gasteiger partial charge in [0.15, 0.2) is 0 Å². The molecule has 0 heterocycles. The van der Waals surface area contributed by atoms with Gasteiger partial charge >= 0.3 is 0 Å². The van der Waals surface area contributed by atoms with E-state index in [0.29, 0.717) is 19.8 Å². The standard InChI is InChI=1S/C22H30O3S2.C2H6/c1-5-23-22(4,14-16-24-26-20-10-6-18(2)7-11-20)15-17-25-27-21-12-8-19(3)9-13-21;1-2/h6-13H,5,14-17H2,1-4H3;1-2H3. The summed E-state index contributed by atoms with van der Waals surface area (Å²) in [6.45, 7) is 14.3. The lowest BCUT2D eigenvalue weighted by Crippen LogP contribution is -2.31. The highest BCUT2D eigenvalue weighted by Crippen LogP contribution is 2.26. The number of hydrogen-bond acceptors (Lipinski definition) is 5. The SMILES string of the molecule is CC.CCOC(C)(CCOSc1ccc(C)cc1)CCOSc1ccc(C)cc1. The summed E-state index contributed by atoms with van der Waals surface area (Å²) in [5, 5.41) is 0. The quantitative estimate of drug-likeness (QED) is 0.251. The molecule has 0 atom stereocenters. The Kier molecular flexibility index (Phi) is 13.4. The average molecular weight is 437 g/mol. The third-order valence-electron chi connectivity index (χ3n) is 4.27. The Morgan fingerprint density at radius 1 is 0.724 bits per heavy atom. The highest BCUT2D eigenvalue weighted by atomic mass is 32.2. The topological polar surface area (TPSA) is 27.7 Å². The molecule has 0 unspecified atom stereocenters. The first-order valence-electron chi connectivity index (χ1n) is 10.4. The number of benzene rings is 2. The van der Waals surface area contributed by atoms with Crippen LogP contribution >= 0.6 is 24.1 Å².